The van der Waals surface area contributed by atoms with Crippen molar-refractivity contribution in [2.75, 3.05) is 26.0 Å². The molecule has 16 heavy (non-hydrogen) atoms. The topological polar surface area (TPSA) is 15.3 Å². The van der Waals surface area contributed by atoms with Crippen molar-refractivity contribution in [3.8, 4) is 0 Å². The molecule has 0 fully saturated rings. The minimum absolute atomic E-state index is 0.538. The van der Waals surface area contributed by atoms with Crippen molar-refractivity contribution in [3.63, 3.8) is 0 Å². The highest BCUT2D eigenvalue weighted by molar-refractivity contribution is 5.62. The van der Waals surface area contributed by atoms with Crippen molar-refractivity contribution in [3.05, 3.63) is 28.8 Å². The lowest BCUT2D eigenvalue weighted by Gasteiger charge is -2.37. The molecule has 1 aliphatic rings. The van der Waals surface area contributed by atoms with Crippen LogP contribution in [-0.4, -0.2) is 25.5 Å². The molecule has 88 valence electrons. The zero-order valence-electron chi connectivity index (χ0n) is 11.0. The van der Waals surface area contributed by atoms with Gasteiger partial charge in [-0.05, 0) is 50.6 Å². The summed E-state index contributed by atoms with van der Waals surface area (Å²) < 4.78 is 0. The molecule has 0 aromatic heterocycles. The molecule has 2 heteroatoms. The van der Waals surface area contributed by atoms with Gasteiger partial charge in [-0.2, -0.15) is 0 Å². The van der Waals surface area contributed by atoms with E-state index in [0.717, 1.165) is 6.54 Å². The van der Waals surface area contributed by atoms with E-state index in [1.165, 1.54) is 22.4 Å². The number of hydrogen-bond donors (Lipinski definition) is 1. The second kappa shape index (κ2) is 4.10. The van der Waals surface area contributed by atoms with Gasteiger partial charge in [-0.1, -0.05) is 19.1 Å². The Hall–Kier alpha value is -1.02. The van der Waals surface area contributed by atoms with Gasteiger partial charge in [-0.25, -0.2) is 0 Å². The fourth-order valence-electron chi connectivity index (χ4n) is 2.79. The molecule has 1 heterocycles. The molecule has 1 N–H and O–H groups in total. The molecule has 2 rings (SSSR count). The van der Waals surface area contributed by atoms with E-state index in [2.05, 4.69) is 57.2 Å². The molecule has 0 bridgehead atoms. The number of fused-ring (bicyclic) bond motifs is 1. The Labute approximate surface area is 98.7 Å². The summed E-state index contributed by atoms with van der Waals surface area (Å²) in [7, 11) is 4.34. The van der Waals surface area contributed by atoms with Crippen LogP contribution in [0.15, 0.2) is 12.1 Å². The van der Waals surface area contributed by atoms with Gasteiger partial charge in [-0.15, -0.1) is 0 Å². The predicted molar refractivity (Wildman–Crippen MR) is 70.0 cm³/mol. The largest absolute Gasteiger partial charge is 0.384 e. The Kier molecular flexibility index (Phi) is 2.94. The third kappa shape index (κ3) is 1.71. The second-order valence-electron chi connectivity index (χ2n) is 5.24. The molecule has 2 nitrogen and oxygen atoms in total. The molecular formula is C14H22N2. The molecule has 1 aliphatic heterocycles. The summed E-state index contributed by atoms with van der Waals surface area (Å²) in [6, 6.07) is 5.06. The van der Waals surface area contributed by atoms with E-state index in [-0.39, 0.29) is 0 Å². The van der Waals surface area contributed by atoms with Crippen molar-refractivity contribution in [1.29, 1.82) is 0 Å². The van der Waals surface area contributed by atoms with Crippen LogP contribution in [0.4, 0.5) is 5.69 Å². The minimum Gasteiger partial charge on any atom is -0.384 e. The van der Waals surface area contributed by atoms with Gasteiger partial charge in [0.05, 0.1) is 0 Å². The Morgan fingerprint density at radius 1 is 1.25 bits per heavy atom. The summed E-state index contributed by atoms with van der Waals surface area (Å²) in [5, 5.41) is 3.58. The molecule has 0 amide bonds. The molecule has 0 spiro atoms. The van der Waals surface area contributed by atoms with Crippen LogP contribution in [0.1, 0.15) is 29.7 Å². The van der Waals surface area contributed by atoms with Gasteiger partial charge in [0, 0.05) is 18.3 Å². The number of nitrogens with zero attached hydrogens (tertiary/aromatic N) is 1. The summed E-state index contributed by atoms with van der Waals surface area (Å²) >= 11 is 0. The second-order valence-corrected chi connectivity index (χ2v) is 5.24. The van der Waals surface area contributed by atoms with E-state index in [0.29, 0.717) is 12.0 Å². The number of anilines is 1. The zero-order valence-corrected chi connectivity index (χ0v) is 11.0. The van der Waals surface area contributed by atoms with E-state index in [9.17, 15) is 0 Å². The van der Waals surface area contributed by atoms with Crippen LogP contribution in [-0.2, 0) is 0 Å². The molecule has 1 aromatic carbocycles. The highest BCUT2D eigenvalue weighted by Crippen LogP contribution is 2.38. The lowest BCUT2D eigenvalue weighted by Crippen LogP contribution is -2.34. The number of rotatable bonds is 1. The maximum atomic E-state index is 3.58. The molecule has 0 saturated carbocycles. The zero-order chi connectivity index (χ0) is 11.9. The number of nitrogens with one attached hydrogen (secondary N) is 1. The fraction of sp³-hybridized carbons (Fsp3) is 0.571. The Bertz CT molecular complexity index is 396. The van der Waals surface area contributed by atoms with Gasteiger partial charge in [0.2, 0.25) is 0 Å². The van der Waals surface area contributed by atoms with Crippen LogP contribution in [0.5, 0.6) is 0 Å². The smallest absolute Gasteiger partial charge is 0.0421 e. The number of aryl methyl sites for hydroxylation is 1. The first-order valence-corrected chi connectivity index (χ1v) is 6.02. The Morgan fingerprint density at radius 2 is 1.94 bits per heavy atom. The normalized spacial score (nSPS) is 24.1. The standard InChI is InChI=1S/C14H22N2/c1-9-6-7-12-13(11(9)3)15-8-10(2)14(12)16(4)5/h6-7,10,14-15H,8H2,1-5H3. The molecule has 0 radical (unpaired) electrons. The molecule has 2 atom stereocenters. The molecule has 0 saturated heterocycles. The lowest BCUT2D eigenvalue weighted by molar-refractivity contribution is 0.225. The first-order valence-electron chi connectivity index (χ1n) is 6.02. The Balaban J connectivity index is 2.53. The quantitative estimate of drug-likeness (QED) is 0.779. The highest BCUT2D eigenvalue weighted by atomic mass is 15.1. The highest BCUT2D eigenvalue weighted by Gasteiger charge is 2.28. The summed E-state index contributed by atoms with van der Waals surface area (Å²) in [5.74, 6) is 0.657. The van der Waals surface area contributed by atoms with E-state index < -0.39 is 0 Å². The summed E-state index contributed by atoms with van der Waals surface area (Å²) in [4.78, 5) is 2.33. The third-order valence-corrected chi connectivity index (χ3v) is 3.78. The van der Waals surface area contributed by atoms with E-state index in [4.69, 9.17) is 0 Å². The molecule has 2 unspecified atom stereocenters. The first-order chi connectivity index (χ1) is 7.52. The van der Waals surface area contributed by atoms with E-state index in [1.54, 1.807) is 0 Å². The summed E-state index contributed by atoms with van der Waals surface area (Å²) in [6.45, 7) is 7.78. The molecule has 0 aliphatic carbocycles. The monoisotopic (exact) mass is 218 g/mol. The van der Waals surface area contributed by atoms with Crippen LogP contribution in [0.2, 0.25) is 0 Å². The minimum atomic E-state index is 0.538. The lowest BCUT2D eigenvalue weighted by atomic mass is 9.86. The van der Waals surface area contributed by atoms with Crippen LogP contribution in [0.25, 0.3) is 0 Å². The first kappa shape index (κ1) is 11.5. The van der Waals surface area contributed by atoms with Gasteiger partial charge in [0.15, 0.2) is 0 Å². The maximum Gasteiger partial charge on any atom is 0.0421 e. The van der Waals surface area contributed by atoms with Gasteiger partial charge < -0.3 is 10.2 Å². The van der Waals surface area contributed by atoms with Crippen LogP contribution in [0, 0.1) is 19.8 Å². The Morgan fingerprint density at radius 3 is 2.56 bits per heavy atom. The van der Waals surface area contributed by atoms with Gasteiger partial charge in [-0.3, -0.25) is 0 Å². The average Bonchev–Trinajstić information content (AvgIpc) is 2.22. The summed E-state index contributed by atoms with van der Waals surface area (Å²) in [5.41, 5.74) is 5.58. The molecule has 1 aromatic rings. The van der Waals surface area contributed by atoms with Crippen molar-refractivity contribution >= 4 is 5.69 Å². The van der Waals surface area contributed by atoms with Crippen LogP contribution < -0.4 is 5.32 Å². The van der Waals surface area contributed by atoms with E-state index in [1.807, 2.05) is 0 Å². The van der Waals surface area contributed by atoms with Crippen molar-refractivity contribution in [2.45, 2.75) is 26.8 Å². The predicted octanol–water partition coefficient (Wildman–Crippen LogP) is 2.97. The SMILES string of the molecule is Cc1ccc2c(c1C)NCC(C)C2N(C)C. The fourth-order valence-corrected chi connectivity index (χ4v) is 2.79. The van der Waals surface area contributed by atoms with Crippen molar-refractivity contribution < 1.29 is 0 Å². The van der Waals surface area contributed by atoms with Gasteiger partial charge >= 0.3 is 0 Å². The third-order valence-electron chi connectivity index (χ3n) is 3.78. The van der Waals surface area contributed by atoms with Crippen LogP contribution >= 0.6 is 0 Å². The van der Waals surface area contributed by atoms with Gasteiger partial charge in [0.1, 0.15) is 0 Å². The number of benzene rings is 1. The number of hydrogen-bond acceptors (Lipinski definition) is 2. The van der Waals surface area contributed by atoms with Crippen molar-refractivity contribution in [1.82, 2.24) is 4.90 Å². The van der Waals surface area contributed by atoms with Gasteiger partial charge in [0.25, 0.3) is 0 Å². The summed E-state index contributed by atoms with van der Waals surface area (Å²) in [6.07, 6.45) is 0. The van der Waals surface area contributed by atoms with E-state index >= 15 is 0 Å². The van der Waals surface area contributed by atoms with Crippen molar-refractivity contribution in [2.24, 2.45) is 5.92 Å². The average molecular weight is 218 g/mol. The molecular weight excluding hydrogens is 196 g/mol. The van der Waals surface area contributed by atoms with Crippen LogP contribution in [0.3, 0.4) is 0 Å². The maximum absolute atomic E-state index is 3.58.